The van der Waals surface area contributed by atoms with Crippen molar-refractivity contribution >= 4 is 5.91 Å². The largest absolute Gasteiger partial charge is 0.355 e. The number of carbonyl (C=O) groups excluding carboxylic acids is 1. The maximum absolute atomic E-state index is 11.2. The van der Waals surface area contributed by atoms with Crippen LogP contribution in [0.4, 0.5) is 0 Å². The van der Waals surface area contributed by atoms with Crippen LogP contribution in [-0.4, -0.2) is 62.5 Å². The Labute approximate surface area is 86.2 Å². The lowest BCUT2D eigenvalue weighted by Crippen LogP contribution is -2.34. The highest BCUT2D eigenvalue weighted by Gasteiger charge is 2.13. The molecule has 1 amide bonds. The lowest BCUT2D eigenvalue weighted by atomic mass is 10.3. The van der Waals surface area contributed by atoms with E-state index in [9.17, 15) is 4.79 Å². The molecule has 4 heteroatoms. The van der Waals surface area contributed by atoms with E-state index in [1.165, 1.54) is 0 Å². The third kappa shape index (κ3) is 4.58. The topological polar surface area (TPSA) is 35.6 Å². The van der Waals surface area contributed by atoms with E-state index in [2.05, 4.69) is 29.2 Å². The van der Waals surface area contributed by atoms with Crippen LogP contribution in [0.15, 0.2) is 0 Å². The molecule has 1 fully saturated rings. The van der Waals surface area contributed by atoms with Crippen molar-refractivity contribution in [1.29, 1.82) is 0 Å². The van der Waals surface area contributed by atoms with Gasteiger partial charge in [-0.2, -0.15) is 0 Å². The van der Waals surface area contributed by atoms with Crippen LogP contribution in [0, 0.1) is 0 Å². The van der Waals surface area contributed by atoms with E-state index in [1.54, 1.807) is 0 Å². The molecule has 0 aromatic heterocycles. The SMILES string of the molecule is CN(C)CCCN1CCCNC(=O)C1. The fourth-order valence-corrected chi connectivity index (χ4v) is 1.67. The Morgan fingerprint density at radius 3 is 3.00 bits per heavy atom. The fourth-order valence-electron chi connectivity index (χ4n) is 1.67. The van der Waals surface area contributed by atoms with Crippen LogP contribution in [0.1, 0.15) is 12.8 Å². The Morgan fingerprint density at radius 1 is 1.50 bits per heavy atom. The van der Waals surface area contributed by atoms with Crippen molar-refractivity contribution in [2.24, 2.45) is 0 Å². The third-order valence-corrected chi connectivity index (χ3v) is 2.42. The average Bonchev–Trinajstić information content (AvgIpc) is 2.29. The minimum Gasteiger partial charge on any atom is -0.355 e. The van der Waals surface area contributed by atoms with Gasteiger partial charge in [0.15, 0.2) is 0 Å². The summed E-state index contributed by atoms with van der Waals surface area (Å²) < 4.78 is 0. The number of nitrogens with one attached hydrogen (secondary N) is 1. The Hall–Kier alpha value is -0.610. The van der Waals surface area contributed by atoms with Gasteiger partial charge >= 0.3 is 0 Å². The molecule has 0 aromatic carbocycles. The van der Waals surface area contributed by atoms with Gasteiger partial charge in [0.1, 0.15) is 0 Å². The first kappa shape index (κ1) is 11.5. The van der Waals surface area contributed by atoms with Crippen LogP contribution in [0.25, 0.3) is 0 Å². The monoisotopic (exact) mass is 199 g/mol. The van der Waals surface area contributed by atoms with Gasteiger partial charge < -0.3 is 10.2 Å². The Morgan fingerprint density at radius 2 is 2.29 bits per heavy atom. The summed E-state index contributed by atoms with van der Waals surface area (Å²) >= 11 is 0. The standard InChI is InChI=1S/C10H21N3O/c1-12(2)6-4-8-13-7-3-5-11-10(14)9-13/h3-9H2,1-2H3,(H,11,14). The third-order valence-electron chi connectivity index (χ3n) is 2.42. The molecule has 0 unspecified atom stereocenters. The van der Waals surface area contributed by atoms with Crippen LogP contribution in [0.5, 0.6) is 0 Å². The molecule has 1 aliphatic heterocycles. The molecular weight excluding hydrogens is 178 g/mol. The number of amides is 1. The molecule has 0 bridgehead atoms. The number of carbonyl (C=O) groups is 1. The predicted molar refractivity (Wildman–Crippen MR) is 57.2 cm³/mol. The summed E-state index contributed by atoms with van der Waals surface area (Å²) in [4.78, 5) is 15.6. The molecule has 82 valence electrons. The minimum atomic E-state index is 0.173. The van der Waals surface area contributed by atoms with Crippen molar-refractivity contribution in [2.75, 3.05) is 46.8 Å². The van der Waals surface area contributed by atoms with Gasteiger partial charge in [-0.05, 0) is 40.0 Å². The Kier molecular flexibility index (Phi) is 4.90. The zero-order valence-corrected chi connectivity index (χ0v) is 9.25. The van der Waals surface area contributed by atoms with Gasteiger partial charge in [-0.25, -0.2) is 0 Å². The fraction of sp³-hybridized carbons (Fsp3) is 0.900. The molecule has 0 aromatic rings. The molecule has 14 heavy (non-hydrogen) atoms. The normalized spacial score (nSPS) is 19.5. The zero-order valence-electron chi connectivity index (χ0n) is 9.25. The second-order valence-corrected chi connectivity index (χ2v) is 4.14. The highest BCUT2D eigenvalue weighted by atomic mass is 16.2. The van der Waals surface area contributed by atoms with E-state index in [4.69, 9.17) is 0 Å². The first-order chi connectivity index (χ1) is 6.68. The Bertz CT molecular complexity index is 182. The first-order valence-electron chi connectivity index (χ1n) is 5.32. The molecule has 4 nitrogen and oxygen atoms in total. The van der Waals surface area contributed by atoms with Crippen LogP contribution >= 0.6 is 0 Å². The second kappa shape index (κ2) is 5.98. The van der Waals surface area contributed by atoms with Crippen LogP contribution in [-0.2, 0) is 4.79 Å². The lowest BCUT2D eigenvalue weighted by Gasteiger charge is -2.19. The molecule has 0 radical (unpaired) electrons. The molecule has 1 saturated heterocycles. The van der Waals surface area contributed by atoms with E-state index in [1.807, 2.05) is 0 Å². The van der Waals surface area contributed by atoms with E-state index >= 15 is 0 Å². The molecule has 0 atom stereocenters. The van der Waals surface area contributed by atoms with Crippen LogP contribution in [0.2, 0.25) is 0 Å². The highest BCUT2D eigenvalue weighted by molar-refractivity contribution is 5.78. The predicted octanol–water partition coefficient (Wildman–Crippen LogP) is -0.240. The van der Waals surface area contributed by atoms with E-state index < -0.39 is 0 Å². The first-order valence-corrected chi connectivity index (χ1v) is 5.32. The van der Waals surface area contributed by atoms with Crippen molar-refractivity contribution in [3.8, 4) is 0 Å². The molecule has 1 N–H and O–H groups in total. The van der Waals surface area contributed by atoms with Crippen LogP contribution < -0.4 is 5.32 Å². The van der Waals surface area contributed by atoms with Crippen molar-refractivity contribution in [1.82, 2.24) is 15.1 Å². The van der Waals surface area contributed by atoms with Gasteiger partial charge in [-0.15, -0.1) is 0 Å². The van der Waals surface area contributed by atoms with Gasteiger partial charge in [0.2, 0.25) is 5.91 Å². The van der Waals surface area contributed by atoms with Gasteiger partial charge in [0, 0.05) is 13.1 Å². The summed E-state index contributed by atoms with van der Waals surface area (Å²) in [6.07, 6.45) is 2.22. The van der Waals surface area contributed by atoms with Gasteiger partial charge in [0.05, 0.1) is 6.54 Å². The lowest BCUT2D eigenvalue weighted by molar-refractivity contribution is -0.121. The quantitative estimate of drug-likeness (QED) is 0.679. The summed E-state index contributed by atoms with van der Waals surface area (Å²) in [6, 6.07) is 0. The van der Waals surface area contributed by atoms with E-state index in [-0.39, 0.29) is 5.91 Å². The van der Waals surface area contributed by atoms with Gasteiger partial charge in [-0.1, -0.05) is 0 Å². The maximum Gasteiger partial charge on any atom is 0.234 e. The molecular formula is C10H21N3O. The smallest absolute Gasteiger partial charge is 0.234 e. The summed E-state index contributed by atoms with van der Waals surface area (Å²) in [5.74, 6) is 0.173. The second-order valence-electron chi connectivity index (χ2n) is 4.14. The van der Waals surface area contributed by atoms with Crippen molar-refractivity contribution in [3.63, 3.8) is 0 Å². The highest BCUT2D eigenvalue weighted by Crippen LogP contribution is 1.98. The average molecular weight is 199 g/mol. The molecule has 1 aliphatic rings. The maximum atomic E-state index is 11.2. The molecule has 0 spiro atoms. The summed E-state index contributed by atoms with van der Waals surface area (Å²) in [5.41, 5.74) is 0. The molecule has 1 heterocycles. The summed E-state index contributed by atoms with van der Waals surface area (Å²) in [5, 5.41) is 2.88. The van der Waals surface area contributed by atoms with E-state index in [0.29, 0.717) is 6.54 Å². The van der Waals surface area contributed by atoms with E-state index in [0.717, 1.165) is 39.0 Å². The van der Waals surface area contributed by atoms with Crippen molar-refractivity contribution in [3.05, 3.63) is 0 Å². The van der Waals surface area contributed by atoms with Gasteiger partial charge in [-0.3, -0.25) is 9.69 Å². The number of hydrogen-bond donors (Lipinski definition) is 1. The minimum absolute atomic E-state index is 0.173. The number of nitrogens with zero attached hydrogens (tertiary/aromatic N) is 2. The Balaban J connectivity index is 2.18. The van der Waals surface area contributed by atoms with Crippen molar-refractivity contribution < 1.29 is 4.79 Å². The zero-order chi connectivity index (χ0) is 10.4. The summed E-state index contributed by atoms with van der Waals surface area (Å²) in [6.45, 7) is 4.59. The van der Waals surface area contributed by atoms with Gasteiger partial charge in [0.25, 0.3) is 0 Å². The molecule has 1 rings (SSSR count). The number of hydrogen-bond acceptors (Lipinski definition) is 3. The number of rotatable bonds is 4. The summed E-state index contributed by atoms with van der Waals surface area (Å²) in [7, 11) is 4.16. The van der Waals surface area contributed by atoms with Crippen molar-refractivity contribution in [2.45, 2.75) is 12.8 Å². The molecule has 0 aliphatic carbocycles. The van der Waals surface area contributed by atoms with Crippen LogP contribution in [0.3, 0.4) is 0 Å². The molecule has 0 saturated carbocycles.